The molecule has 0 unspecified atom stereocenters. The second-order valence-electron chi connectivity index (χ2n) is 3.06. The molecule has 0 aliphatic rings. The Hall–Kier alpha value is -1.61. The van der Waals surface area contributed by atoms with Crippen molar-refractivity contribution in [2.45, 2.75) is 0 Å². The van der Waals surface area contributed by atoms with Crippen LogP contribution < -0.4 is 4.31 Å². The van der Waals surface area contributed by atoms with Crippen LogP contribution in [0.15, 0.2) is 60.7 Å². The predicted molar refractivity (Wildman–Crippen MR) is 64.6 cm³/mol. The maximum Gasteiger partial charge on any atom is 0.111 e. The molecule has 2 aromatic carbocycles. The molecule has 0 heterocycles. The molecule has 0 aliphatic heterocycles. The number of hydrogen-bond acceptors (Lipinski definition) is 1. The van der Waals surface area contributed by atoms with E-state index < -0.39 is 0 Å². The van der Waals surface area contributed by atoms with Gasteiger partial charge in [-0.3, -0.25) is 4.31 Å². The largest absolute Gasteiger partial charge is 0.262 e. The molecule has 2 nitrogen and oxygen atoms in total. The summed E-state index contributed by atoms with van der Waals surface area (Å²) in [6.45, 7) is 0. The molecule has 0 radical (unpaired) electrons. The standard InChI is InChI=1S/C12H11NOS/c14-15-13(11-7-3-1-4-8-11)12-9-5-2-6-10-12/h1-10,15H. The molecule has 0 amide bonds. The van der Waals surface area contributed by atoms with Crippen molar-refractivity contribution in [2.75, 3.05) is 4.31 Å². The summed E-state index contributed by atoms with van der Waals surface area (Å²) < 4.78 is 12.8. The van der Waals surface area contributed by atoms with Gasteiger partial charge in [0.1, 0.15) is 11.9 Å². The summed E-state index contributed by atoms with van der Waals surface area (Å²) in [5, 5.41) is 0. The number of nitrogens with zero attached hydrogens (tertiary/aromatic N) is 1. The molecular weight excluding hydrogens is 206 g/mol. The highest BCUT2D eigenvalue weighted by Gasteiger charge is 2.05. The Labute approximate surface area is 92.8 Å². The highest BCUT2D eigenvalue weighted by atomic mass is 32.2. The number of rotatable bonds is 3. The van der Waals surface area contributed by atoms with E-state index in [1.54, 1.807) is 4.31 Å². The minimum absolute atomic E-state index is 0.0267. The van der Waals surface area contributed by atoms with Gasteiger partial charge in [0.05, 0.1) is 11.4 Å². The van der Waals surface area contributed by atoms with E-state index in [4.69, 9.17) is 0 Å². The van der Waals surface area contributed by atoms with Crippen LogP contribution in [0.5, 0.6) is 0 Å². The number of hydrogen-bond donors (Lipinski definition) is 1. The van der Waals surface area contributed by atoms with Crippen molar-refractivity contribution in [1.29, 1.82) is 0 Å². The van der Waals surface area contributed by atoms with Crippen molar-refractivity contribution in [2.24, 2.45) is 0 Å². The summed E-state index contributed by atoms with van der Waals surface area (Å²) >= 11 is -0.0267. The monoisotopic (exact) mass is 217 g/mol. The Morgan fingerprint density at radius 3 is 1.47 bits per heavy atom. The zero-order valence-electron chi connectivity index (χ0n) is 8.08. The van der Waals surface area contributed by atoms with Gasteiger partial charge >= 0.3 is 0 Å². The summed E-state index contributed by atoms with van der Waals surface area (Å²) in [5.74, 6) is 0. The molecule has 0 aromatic heterocycles. The number of para-hydroxylation sites is 2. The van der Waals surface area contributed by atoms with Gasteiger partial charge in [0.15, 0.2) is 0 Å². The van der Waals surface area contributed by atoms with Gasteiger partial charge in [-0.25, -0.2) is 4.21 Å². The van der Waals surface area contributed by atoms with Crippen molar-refractivity contribution in [3.63, 3.8) is 0 Å². The molecule has 76 valence electrons. The van der Waals surface area contributed by atoms with Crippen molar-refractivity contribution in [1.82, 2.24) is 0 Å². The second kappa shape index (κ2) is 4.75. The topological polar surface area (TPSA) is 20.3 Å². The number of anilines is 2. The molecule has 15 heavy (non-hydrogen) atoms. The zero-order valence-corrected chi connectivity index (χ0v) is 8.97. The van der Waals surface area contributed by atoms with Gasteiger partial charge in [-0.15, -0.1) is 0 Å². The van der Waals surface area contributed by atoms with Gasteiger partial charge in [0.2, 0.25) is 0 Å². The first kappa shape index (κ1) is 9.93. The third kappa shape index (κ3) is 2.25. The van der Waals surface area contributed by atoms with Gasteiger partial charge < -0.3 is 0 Å². The lowest BCUT2D eigenvalue weighted by Crippen LogP contribution is -2.09. The summed E-state index contributed by atoms with van der Waals surface area (Å²) in [5.41, 5.74) is 1.83. The lowest BCUT2D eigenvalue weighted by Gasteiger charge is -2.16. The molecule has 2 aromatic rings. The van der Waals surface area contributed by atoms with E-state index in [9.17, 15) is 4.21 Å². The van der Waals surface area contributed by atoms with Crippen molar-refractivity contribution >= 4 is 23.2 Å². The Kier molecular flexibility index (Phi) is 3.15. The maximum atomic E-state index is 11.1. The van der Waals surface area contributed by atoms with Crippen LogP contribution in [-0.2, 0) is 11.9 Å². The Morgan fingerprint density at radius 1 is 0.733 bits per heavy atom. The average Bonchev–Trinajstić information content (AvgIpc) is 2.33. The Morgan fingerprint density at radius 2 is 1.13 bits per heavy atom. The Balaban J connectivity index is 2.38. The summed E-state index contributed by atoms with van der Waals surface area (Å²) in [6, 6.07) is 19.3. The normalized spacial score (nSPS) is 9.87. The lowest BCUT2D eigenvalue weighted by atomic mass is 10.3. The van der Waals surface area contributed by atoms with Crippen molar-refractivity contribution in [3.8, 4) is 0 Å². The molecule has 2 rings (SSSR count). The fourth-order valence-corrected chi connectivity index (χ4v) is 1.84. The SMILES string of the molecule is O=[SH]N(c1ccccc1)c1ccccc1. The fourth-order valence-electron chi connectivity index (χ4n) is 1.38. The predicted octanol–water partition coefficient (Wildman–Crippen LogP) is 2.69. The quantitative estimate of drug-likeness (QED) is 0.784. The highest BCUT2D eigenvalue weighted by molar-refractivity contribution is 7.67. The zero-order chi connectivity index (χ0) is 10.5. The summed E-state index contributed by atoms with van der Waals surface area (Å²) in [7, 11) is 0. The molecule has 0 aliphatic carbocycles. The van der Waals surface area contributed by atoms with Gasteiger partial charge in [-0.2, -0.15) is 0 Å². The van der Waals surface area contributed by atoms with Crippen LogP contribution in [0.4, 0.5) is 11.4 Å². The molecule has 0 atom stereocenters. The first-order chi connectivity index (χ1) is 7.42. The molecule has 0 spiro atoms. The lowest BCUT2D eigenvalue weighted by molar-refractivity contribution is 0.694. The van der Waals surface area contributed by atoms with E-state index in [1.807, 2.05) is 60.7 Å². The van der Waals surface area contributed by atoms with Crippen LogP contribution in [0.3, 0.4) is 0 Å². The molecule has 0 saturated carbocycles. The van der Waals surface area contributed by atoms with Gasteiger partial charge in [-0.1, -0.05) is 36.4 Å². The van der Waals surface area contributed by atoms with Crippen LogP contribution >= 0.6 is 0 Å². The first-order valence-electron chi connectivity index (χ1n) is 4.65. The highest BCUT2D eigenvalue weighted by Crippen LogP contribution is 2.23. The van der Waals surface area contributed by atoms with Gasteiger partial charge in [0.25, 0.3) is 0 Å². The van der Waals surface area contributed by atoms with Gasteiger partial charge in [0, 0.05) is 0 Å². The van der Waals surface area contributed by atoms with Crippen molar-refractivity contribution in [3.05, 3.63) is 60.7 Å². The van der Waals surface area contributed by atoms with E-state index >= 15 is 0 Å². The third-order valence-corrected chi connectivity index (χ3v) is 2.71. The molecule has 0 saturated heterocycles. The van der Waals surface area contributed by atoms with Crippen molar-refractivity contribution < 1.29 is 4.21 Å². The summed E-state index contributed by atoms with van der Waals surface area (Å²) in [6.07, 6.45) is 0. The van der Waals surface area contributed by atoms with E-state index in [1.165, 1.54) is 0 Å². The van der Waals surface area contributed by atoms with Crippen LogP contribution in [0.25, 0.3) is 0 Å². The third-order valence-electron chi connectivity index (χ3n) is 2.08. The summed E-state index contributed by atoms with van der Waals surface area (Å²) in [4.78, 5) is 0. The van der Waals surface area contributed by atoms with Crippen LogP contribution in [0.1, 0.15) is 0 Å². The average molecular weight is 217 g/mol. The fraction of sp³-hybridized carbons (Fsp3) is 0. The van der Waals surface area contributed by atoms with Gasteiger partial charge in [-0.05, 0) is 24.3 Å². The Bertz CT molecular complexity index is 390. The van der Waals surface area contributed by atoms with E-state index in [2.05, 4.69) is 0 Å². The molecule has 0 bridgehead atoms. The maximum absolute atomic E-state index is 11.1. The van der Waals surface area contributed by atoms with E-state index in [0.717, 1.165) is 11.4 Å². The first-order valence-corrected chi connectivity index (χ1v) is 5.42. The number of benzene rings is 2. The second-order valence-corrected chi connectivity index (χ2v) is 3.63. The molecule has 0 fully saturated rings. The minimum Gasteiger partial charge on any atom is -0.262 e. The molecular formula is C12H11NOS. The van der Waals surface area contributed by atoms with E-state index in [0.29, 0.717) is 0 Å². The smallest absolute Gasteiger partial charge is 0.111 e. The van der Waals surface area contributed by atoms with E-state index in [-0.39, 0.29) is 11.9 Å². The van der Waals surface area contributed by atoms with Crippen LogP contribution in [0.2, 0.25) is 0 Å². The number of thiol groups is 1. The molecule has 0 N–H and O–H groups in total. The molecule has 3 heteroatoms. The minimum atomic E-state index is -0.0267. The van der Waals surface area contributed by atoms with Crippen LogP contribution in [-0.4, -0.2) is 4.21 Å². The van der Waals surface area contributed by atoms with Crippen LogP contribution in [0, 0.1) is 0 Å².